The maximum Gasteiger partial charge on any atom is 0.262 e. The van der Waals surface area contributed by atoms with E-state index >= 15 is 0 Å². The Bertz CT molecular complexity index is 862. The second-order valence-electron chi connectivity index (χ2n) is 5.22. The number of amides is 1. The molecule has 0 aliphatic rings. The smallest absolute Gasteiger partial charge is 0.262 e. The molecule has 0 bridgehead atoms. The van der Waals surface area contributed by atoms with E-state index in [0.717, 1.165) is 16.5 Å². The molecule has 0 atom stereocenters. The number of carbonyl (C=O) groups is 1. The molecular weight excluding hydrogens is 326 g/mol. The fourth-order valence-electron chi connectivity index (χ4n) is 2.30. The highest BCUT2D eigenvalue weighted by Crippen LogP contribution is 2.25. The van der Waals surface area contributed by atoms with E-state index in [2.05, 4.69) is 5.32 Å². The number of fused-ring (bicyclic) bond motifs is 1. The number of rotatable bonds is 5. The lowest BCUT2D eigenvalue weighted by Gasteiger charge is -2.09. The van der Waals surface area contributed by atoms with Gasteiger partial charge in [0.1, 0.15) is 11.5 Å². The molecule has 0 heterocycles. The van der Waals surface area contributed by atoms with Gasteiger partial charge in [-0.05, 0) is 59.3 Å². The molecule has 5 heteroatoms. The van der Waals surface area contributed by atoms with Crippen LogP contribution in [0, 0.1) is 0 Å². The minimum Gasteiger partial charge on any atom is -0.497 e. The van der Waals surface area contributed by atoms with Crippen LogP contribution in [0.4, 0.5) is 5.69 Å². The molecule has 1 amide bonds. The molecule has 0 fully saturated rings. The molecule has 0 saturated heterocycles. The number of methoxy groups -OCH3 is 1. The zero-order chi connectivity index (χ0) is 16.9. The van der Waals surface area contributed by atoms with Crippen LogP contribution in [0.25, 0.3) is 10.8 Å². The van der Waals surface area contributed by atoms with Gasteiger partial charge in [-0.1, -0.05) is 23.7 Å². The molecule has 0 aromatic heterocycles. The van der Waals surface area contributed by atoms with E-state index in [4.69, 9.17) is 21.1 Å². The molecule has 24 heavy (non-hydrogen) atoms. The Morgan fingerprint density at radius 2 is 1.62 bits per heavy atom. The third-order valence-corrected chi connectivity index (χ3v) is 3.77. The van der Waals surface area contributed by atoms with Crippen molar-refractivity contribution in [3.8, 4) is 11.5 Å². The van der Waals surface area contributed by atoms with Crippen molar-refractivity contribution < 1.29 is 14.3 Å². The van der Waals surface area contributed by atoms with E-state index < -0.39 is 0 Å². The Hall–Kier alpha value is -2.72. The standard InChI is InChI=1S/C19H16ClNO3/c1-23-17-8-2-13-3-9-18(11-14(13)10-17)24-12-19(22)21-16-6-4-15(20)5-7-16/h2-11H,12H2,1H3,(H,21,22). The molecular formula is C19H16ClNO3. The predicted octanol–water partition coefficient (Wildman–Crippen LogP) is 4.52. The number of hydrogen-bond donors (Lipinski definition) is 1. The number of halogens is 1. The first kappa shape index (κ1) is 16.1. The first-order chi connectivity index (χ1) is 11.6. The molecule has 0 aliphatic heterocycles. The van der Waals surface area contributed by atoms with Crippen molar-refractivity contribution in [2.24, 2.45) is 0 Å². The SMILES string of the molecule is COc1ccc2ccc(OCC(=O)Nc3ccc(Cl)cc3)cc2c1. The van der Waals surface area contributed by atoms with Gasteiger partial charge < -0.3 is 14.8 Å². The second-order valence-corrected chi connectivity index (χ2v) is 5.66. The Labute approximate surface area is 145 Å². The minimum absolute atomic E-state index is 0.0713. The topological polar surface area (TPSA) is 47.6 Å². The zero-order valence-electron chi connectivity index (χ0n) is 13.1. The van der Waals surface area contributed by atoms with Crippen LogP contribution in [-0.2, 0) is 4.79 Å². The van der Waals surface area contributed by atoms with Crippen LogP contribution in [0.5, 0.6) is 11.5 Å². The third-order valence-electron chi connectivity index (χ3n) is 3.52. The van der Waals surface area contributed by atoms with E-state index in [9.17, 15) is 4.79 Å². The van der Waals surface area contributed by atoms with E-state index in [1.807, 2.05) is 36.4 Å². The Balaban J connectivity index is 1.64. The van der Waals surface area contributed by atoms with Crippen LogP contribution in [-0.4, -0.2) is 19.6 Å². The van der Waals surface area contributed by atoms with Gasteiger partial charge in [-0.3, -0.25) is 4.79 Å². The molecule has 3 aromatic rings. The molecule has 3 rings (SSSR count). The summed E-state index contributed by atoms with van der Waals surface area (Å²) in [6.07, 6.45) is 0. The van der Waals surface area contributed by atoms with Crippen molar-refractivity contribution in [2.45, 2.75) is 0 Å². The van der Waals surface area contributed by atoms with Crippen molar-refractivity contribution in [1.82, 2.24) is 0 Å². The molecule has 0 saturated carbocycles. The van der Waals surface area contributed by atoms with Crippen LogP contribution in [0.15, 0.2) is 60.7 Å². The van der Waals surface area contributed by atoms with Crippen LogP contribution in [0.2, 0.25) is 5.02 Å². The first-order valence-corrected chi connectivity index (χ1v) is 7.78. The number of ether oxygens (including phenoxy) is 2. The van der Waals surface area contributed by atoms with Gasteiger partial charge in [0, 0.05) is 10.7 Å². The normalized spacial score (nSPS) is 10.4. The number of nitrogens with one attached hydrogen (secondary N) is 1. The fourth-order valence-corrected chi connectivity index (χ4v) is 2.42. The number of hydrogen-bond acceptors (Lipinski definition) is 3. The molecule has 4 nitrogen and oxygen atoms in total. The van der Waals surface area contributed by atoms with E-state index in [1.54, 1.807) is 31.4 Å². The maximum absolute atomic E-state index is 11.9. The Morgan fingerprint density at radius 3 is 2.33 bits per heavy atom. The van der Waals surface area contributed by atoms with Gasteiger partial charge in [-0.25, -0.2) is 0 Å². The predicted molar refractivity (Wildman–Crippen MR) is 96.1 cm³/mol. The summed E-state index contributed by atoms with van der Waals surface area (Å²) < 4.78 is 10.8. The van der Waals surface area contributed by atoms with Gasteiger partial charge in [0.2, 0.25) is 0 Å². The molecule has 0 radical (unpaired) electrons. The molecule has 3 aromatic carbocycles. The summed E-state index contributed by atoms with van der Waals surface area (Å²) >= 11 is 5.81. The summed E-state index contributed by atoms with van der Waals surface area (Å²) in [5.41, 5.74) is 0.677. The highest BCUT2D eigenvalue weighted by atomic mass is 35.5. The van der Waals surface area contributed by atoms with Crippen molar-refractivity contribution in [2.75, 3.05) is 19.0 Å². The summed E-state index contributed by atoms with van der Waals surface area (Å²) in [7, 11) is 1.63. The Kier molecular flexibility index (Phi) is 4.87. The average molecular weight is 342 g/mol. The molecule has 122 valence electrons. The third kappa shape index (κ3) is 3.97. The van der Waals surface area contributed by atoms with E-state index in [-0.39, 0.29) is 12.5 Å². The van der Waals surface area contributed by atoms with E-state index in [0.29, 0.717) is 16.5 Å². The lowest BCUT2D eigenvalue weighted by atomic mass is 10.1. The highest BCUT2D eigenvalue weighted by molar-refractivity contribution is 6.30. The monoisotopic (exact) mass is 341 g/mol. The van der Waals surface area contributed by atoms with Gasteiger partial charge in [0.25, 0.3) is 5.91 Å². The summed E-state index contributed by atoms with van der Waals surface area (Å²) in [6, 6.07) is 18.4. The quantitative estimate of drug-likeness (QED) is 0.742. The minimum atomic E-state index is -0.233. The van der Waals surface area contributed by atoms with Crippen LogP contribution in [0.3, 0.4) is 0 Å². The summed E-state index contributed by atoms with van der Waals surface area (Å²) in [5, 5.41) is 5.44. The summed E-state index contributed by atoms with van der Waals surface area (Å²) in [6.45, 7) is -0.0713. The van der Waals surface area contributed by atoms with Gasteiger partial charge in [-0.15, -0.1) is 0 Å². The summed E-state index contributed by atoms with van der Waals surface area (Å²) in [4.78, 5) is 11.9. The summed E-state index contributed by atoms with van der Waals surface area (Å²) in [5.74, 6) is 1.17. The van der Waals surface area contributed by atoms with Gasteiger partial charge in [-0.2, -0.15) is 0 Å². The highest BCUT2D eigenvalue weighted by Gasteiger charge is 2.05. The average Bonchev–Trinajstić information content (AvgIpc) is 2.61. The zero-order valence-corrected chi connectivity index (χ0v) is 13.8. The number of carbonyl (C=O) groups excluding carboxylic acids is 1. The van der Waals surface area contributed by atoms with Crippen molar-refractivity contribution in [1.29, 1.82) is 0 Å². The fraction of sp³-hybridized carbons (Fsp3) is 0.105. The lowest BCUT2D eigenvalue weighted by molar-refractivity contribution is -0.118. The van der Waals surface area contributed by atoms with Crippen molar-refractivity contribution in [3.05, 3.63) is 65.7 Å². The van der Waals surface area contributed by atoms with Crippen LogP contribution in [0.1, 0.15) is 0 Å². The largest absolute Gasteiger partial charge is 0.497 e. The van der Waals surface area contributed by atoms with Gasteiger partial charge in [0.05, 0.1) is 7.11 Å². The van der Waals surface area contributed by atoms with Crippen molar-refractivity contribution >= 4 is 34.0 Å². The lowest BCUT2D eigenvalue weighted by Crippen LogP contribution is -2.20. The molecule has 0 spiro atoms. The van der Waals surface area contributed by atoms with Gasteiger partial charge in [0.15, 0.2) is 6.61 Å². The van der Waals surface area contributed by atoms with Crippen LogP contribution < -0.4 is 14.8 Å². The van der Waals surface area contributed by atoms with Gasteiger partial charge >= 0.3 is 0 Å². The number of anilines is 1. The van der Waals surface area contributed by atoms with Crippen LogP contribution >= 0.6 is 11.6 Å². The second kappa shape index (κ2) is 7.23. The Morgan fingerprint density at radius 1 is 0.958 bits per heavy atom. The maximum atomic E-state index is 11.9. The molecule has 0 unspecified atom stereocenters. The molecule has 0 aliphatic carbocycles. The first-order valence-electron chi connectivity index (χ1n) is 7.40. The number of benzene rings is 3. The van der Waals surface area contributed by atoms with Crippen molar-refractivity contribution in [3.63, 3.8) is 0 Å². The molecule has 1 N–H and O–H groups in total. The van der Waals surface area contributed by atoms with E-state index in [1.165, 1.54) is 0 Å².